The maximum Gasteiger partial charge on any atom is 0.220 e. The summed E-state index contributed by atoms with van der Waals surface area (Å²) in [7, 11) is -0.271. The van der Waals surface area contributed by atoms with Gasteiger partial charge in [0.15, 0.2) is 8.32 Å². The van der Waals surface area contributed by atoms with Gasteiger partial charge >= 0.3 is 0 Å². The Morgan fingerprint density at radius 1 is 1.21 bits per heavy atom. The minimum Gasteiger partial charge on any atom is -0.410 e. The minimum atomic E-state index is -1.97. The SMILES string of the molecule is C=CCCCCC(=O)NC/C(C)=C\C(C)[C@H](O[Si](C)(C)C(C)(C)C)[C@H](C=C)OC. The third-order valence-corrected chi connectivity index (χ3v) is 10.2. The lowest BCUT2D eigenvalue weighted by atomic mass is 9.97. The topological polar surface area (TPSA) is 47.6 Å². The van der Waals surface area contributed by atoms with E-state index in [2.05, 4.69) is 65.3 Å². The van der Waals surface area contributed by atoms with Crippen LogP contribution in [-0.2, 0) is 14.0 Å². The van der Waals surface area contributed by atoms with Gasteiger partial charge in [-0.15, -0.1) is 13.2 Å². The van der Waals surface area contributed by atoms with Crippen LogP contribution in [0.15, 0.2) is 37.0 Å². The van der Waals surface area contributed by atoms with Crippen LogP contribution >= 0.6 is 0 Å². The predicted molar refractivity (Wildman–Crippen MR) is 128 cm³/mol. The first-order valence-electron chi connectivity index (χ1n) is 10.8. The predicted octanol–water partition coefficient (Wildman–Crippen LogP) is 6.02. The van der Waals surface area contributed by atoms with Gasteiger partial charge in [0.25, 0.3) is 0 Å². The van der Waals surface area contributed by atoms with E-state index in [9.17, 15) is 4.79 Å². The number of amides is 1. The van der Waals surface area contributed by atoms with Crippen LogP contribution in [0.25, 0.3) is 0 Å². The summed E-state index contributed by atoms with van der Waals surface area (Å²) in [5, 5.41) is 3.13. The molecule has 0 aliphatic heterocycles. The summed E-state index contributed by atoms with van der Waals surface area (Å²) in [5.74, 6) is 0.237. The molecule has 0 saturated heterocycles. The van der Waals surface area contributed by atoms with E-state index in [0.29, 0.717) is 13.0 Å². The summed E-state index contributed by atoms with van der Waals surface area (Å²) in [6.07, 6.45) is 9.05. The van der Waals surface area contributed by atoms with Crippen LogP contribution in [0.4, 0.5) is 0 Å². The zero-order valence-electron chi connectivity index (χ0n) is 20.1. The van der Waals surface area contributed by atoms with Gasteiger partial charge in [-0.05, 0) is 44.3 Å². The van der Waals surface area contributed by atoms with Crippen molar-refractivity contribution < 1.29 is 14.0 Å². The number of methoxy groups -OCH3 is 1. The highest BCUT2D eigenvalue weighted by Gasteiger charge is 2.41. The first-order valence-corrected chi connectivity index (χ1v) is 13.7. The fourth-order valence-corrected chi connectivity index (χ4v) is 4.24. The summed E-state index contributed by atoms with van der Waals surface area (Å²) in [6.45, 7) is 23.6. The van der Waals surface area contributed by atoms with Gasteiger partial charge in [-0.25, -0.2) is 0 Å². The molecule has 1 N–H and O–H groups in total. The smallest absolute Gasteiger partial charge is 0.220 e. The van der Waals surface area contributed by atoms with Gasteiger partial charge in [-0.2, -0.15) is 0 Å². The van der Waals surface area contributed by atoms with E-state index in [1.54, 1.807) is 7.11 Å². The normalized spacial score (nSPS) is 16.1. The number of rotatable bonds is 14. The number of carbonyl (C=O) groups excluding carboxylic acids is 1. The molecule has 0 aromatic carbocycles. The molecular formula is C24H45NO3Si. The second-order valence-electron chi connectivity index (χ2n) is 9.46. The average Bonchev–Trinajstić information content (AvgIpc) is 2.62. The Morgan fingerprint density at radius 2 is 1.83 bits per heavy atom. The van der Waals surface area contributed by atoms with Crippen LogP contribution in [-0.4, -0.2) is 40.1 Å². The number of ether oxygens (including phenoxy) is 1. The Morgan fingerprint density at radius 3 is 2.31 bits per heavy atom. The summed E-state index contributed by atoms with van der Waals surface area (Å²) >= 11 is 0. The van der Waals surface area contributed by atoms with Crippen molar-refractivity contribution in [2.24, 2.45) is 5.92 Å². The summed E-state index contributed by atoms with van der Waals surface area (Å²) in [5.41, 5.74) is 1.12. The van der Waals surface area contributed by atoms with Crippen LogP contribution in [0, 0.1) is 5.92 Å². The third kappa shape index (κ3) is 10.4. The molecule has 5 heteroatoms. The first-order chi connectivity index (χ1) is 13.4. The van der Waals surface area contributed by atoms with E-state index < -0.39 is 8.32 Å². The van der Waals surface area contributed by atoms with E-state index in [0.717, 1.165) is 24.8 Å². The van der Waals surface area contributed by atoms with Crippen molar-refractivity contribution in [1.82, 2.24) is 5.32 Å². The van der Waals surface area contributed by atoms with Crippen LogP contribution in [0.1, 0.15) is 60.3 Å². The molecular weight excluding hydrogens is 378 g/mol. The Labute approximate surface area is 181 Å². The Balaban J connectivity index is 5.05. The van der Waals surface area contributed by atoms with E-state index in [1.165, 1.54) is 0 Å². The molecule has 0 fully saturated rings. The summed E-state index contributed by atoms with van der Waals surface area (Å²) in [4.78, 5) is 12.0. The first kappa shape index (κ1) is 27.8. The van der Waals surface area contributed by atoms with E-state index in [4.69, 9.17) is 9.16 Å². The summed E-state index contributed by atoms with van der Waals surface area (Å²) < 4.78 is 12.4. The minimum absolute atomic E-state index is 0.101. The second kappa shape index (κ2) is 13.2. The zero-order chi connectivity index (χ0) is 22.7. The summed E-state index contributed by atoms with van der Waals surface area (Å²) in [6, 6.07) is 0. The molecule has 1 unspecified atom stereocenters. The maximum atomic E-state index is 12.0. The molecule has 0 saturated carbocycles. The lowest BCUT2D eigenvalue weighted by molar-refractivity contribution is -0.121. The fraction of sp³-hybridized carbons (Fsp3) is 0.708. The molecule has 0 aliphatic carbocycles. The van der Waals surface area contributed by atoms with E-state index >= 15 is 0 Å². The van der Waals surface area contributed by atoms with Crippen molar-refractivity contribution in [3.8, 4) is 0 Å². The molecule has 0 aromatic rings. The zero-order valence-corrected chi connectivity index (χ0v) is 21.1. The number of hydrogen-bond donors (Lipinski definition) is 1. The molecule has 0 spiro atoms. The molecule has 4 nitrogen and oxygen atoms in total. The molecule has 1 amide bonds. The van der Waals surface area contributed by atoms with E-state index in [1.807, 2.05) is 19.1 Å². The van der Waals surface area contributed by atoms with Crippen LogP contribution in [0.2, 0.25) is 18.1 Å². The molecule has 0 aromatic heterocycles. The lowest BCUT2D eigenvalue weighted by Crippen LogP contribution is -2.49. The van der Waals surface area contributed by atoms with Crippen molar-refractivity contribution >= 4 is 14.2 Å². The van der Waals surface area contributed by atoms with Crippen LogP contribution in [0.3, 0.4) is 0 Å². The highest BCUT2D eigenvalue weighted by Crippen LogP contribution is 2.39. The number of unbranched alkanes of at least 4 members (excludes halogenated alkanes) is 2. The second-order valence-corrected chi connectivity index (χ2v) is 14.2. The van der Waals surface area contributed by atoms with Crippen molar-refractivity contribution in [2.75, 3.05) is 13.7 Å². The molecule has 0 radical (unpaired) electrons. The molecule has 3 atom stereocenters. The van der Waals surface area contributed by atoms with Crippen molar-refractivity contribution in [1.29, 1.82) is 0 Å². The molecule has 0 aliphatic rings. The fourth-order valence-electron chi connectivity index (χ4n) is 2.86. The number of allylic oxidation sites excluding steroid dienone is 1. The Hall–Kier alpha value is -1.17. The number of nitrogens with one attached hydrogen (secondary N) is 1. The maximum absolute atomic E-state index is 12.0. The van der Waals surface area contributed by atoms with E-state index in [-0.39, 0.29) is 29.1 Å². The molecule has 29 heavy (non-hydrogen) atoms. The molecule has 0 bridgehead atoms. The quantitative estimate of drug-likeness (QED) is 0.211. The van der Waals surface area contributed by atoms with Crippen molar-refractivity contribution in [3.63, 3.8) is 0 Å². The molecule has 0 rings (SSSR count). The number of carbonyl (C=O) groups is 1. The highest BCUT2D eigenvalue weighted by atomic mass is 28.4. The Kier molecular flexibility index (Phi) is 12.7. The molecule has 0 heterocycles. The molecule has 168 valence electrons. The monoisotopic (exact) mass is 423 g/mol. The van der Waals surface area contributed by atoms with Gasteiger partial charge in [-0.1, -0.05) is 51.5 Å². The van der Waals surface area contributed by atoms with Gasteiger partial charge in [0, 0.05) is 26.0 Å². The van der Waals surface area contributed by atoms with Crippen LogP contribution in [0.5, 0.6) is 0 Å². The average molecular weight is 424 g/mol. The standard InChI is InChI=1S/C24H45NO3Si/c1-11-13-14-15-16-22(26)25-18-19(3)17-20(4)23(21(12-2)27-8)28-29(9,10)24(5,6)7/h11-12,17,20-21,23H,1-2,13-16,18H2,3-10H3,(H,25,26)/b19-17-/t20?,21-,23-/m0/s1. The largest absolute Gasteiger partial charge is 0.410 e. The lowest BCUT2D eigenvalue weighted by Gasteiger charge is -2.42. The van der Waals surface area contributed by atoms with Crippen molar-refractivity contribution in [3.05, 3.63) is 37.0 Å². The third-order valence-electron chi connectivity index (χ3n) is 5.76. The van der Waals surface area contributed by atoms with Gasteiger partial charge in [0.1, 0.15) is 6.10 Å². The van der Waals surface area contributed by atoms with Crippen LogP contribution < -0.4 is 5.32 Å². The van der Waals surface area contributed by atoms with Crippen molar-refractivity contribution in [2.45, 2.75) is 90.6 Å². The van der Waals surface area contributed by atoms with Gasteiger partial charge in [-0.3, -0.25) is 4.79 Å². The highest BCUT2D eigenvalue weighted by molar-refractivity contribution is 6.74. The number of hydrogen-bond acceptors (Lipinski definition) is 3. The van der Waals surface area contributed by atoms with Gasteiger partial charge < -0.3 is 14.5 Å². The van der Waals surface area contributed by atoms with Gasteiger partial charge in [0.05, 0.1) is 6.10 Å². The Bertz CT molecular complexity index is 549. The van der Waals surface area contributed by atoms with Gasteiger partial charge in [0.2, 0.25) is 5.91 Å².